The highest BCUT2D eigenvalue weighted by molar-refractivity contribution is 5.27. The van der Waals surface area contributed by atoms with Crippen LogP contribution in [0.5, 0.6) is 0 Å². The van der Waals surface area contributed by atoms with E-state index < -0.39 is 24.2 Å². The first-order valence-electron chi connectivity index (χ1n) is 4.49. The number of benzene rings is 1. The van der Waals surface area contributed by atoms with Crippen LogP contribution in [-0.4, -0.2) is 13.5 Å². The molecule has 0 spiro atoms. The van der Waals surface area contributed by atoms with Crippen LogP contribution in [0.4, 0.5) is 22.0 Å². The molecule has 0 fully saturated rings. The summed E-state index contributed by atoms with van der Waals surface area (Å²) in [5.74, 6) is 0. The second-order valence-electron chi connectivity index (χ2n) is 3.22. The van der Waals surface area contributed by atoms with E-state index in [2.05, 4.69) is 5.32 Å². The highest BCUT2D eigenvalue weighted by Crippen LogP contribution is 2.30. The van der Waals surface area contributed by atoms with Gasteiger partial charge in [-0.05, 0) is 24.7 Å². The van der Waals surface area contributed by atoms with Crippen LogP contribution >= 0.6 is 0 Å². The fourth-order valence-corrected chi connectivity index (χ4v) is 1.32. The minimum absolute atomic E-state index is 0.130. The van der Waals surface area contributed by atoms with E-state index in [9.17, 15) is 22.0 Å². The minimum Gasteiger partial charge on any atom is -0.308 e. The lowest BCUT2D eigenvalue weighted by atomic mass is 10.1. The van der Waals surface area contributed by atoms with E-state index in [1.807, 2.05) is 0 Å². The topological polar surface area (TPSA) is 12.0 Å². The minimum atomic E-state index is -4.45. The molecule has 1 aromatic rings. The van der Waals surface area contributed by atoms with Crippen molar-refractivity contribution in [2.24, 2.45) is 0 Å². The molecule has 0 bridgehead atoms. The van der Waals surface area contributed by atoms with Crippen molar-refractivity contribution in [3.05, 3.63) is 35.4 Å². The van der Waals surface area contributed by atoms with Crippen molar-refractivity contribution < 1.29 is 22.0 Å². The molecule has 0 radical (unpaired) electrons. The predicted molar refractivity (Wildman–Crippen MR) is 49.2 cm³/mol. The molecule has 0 saturated carbocycles. The summed E-state index contributed by atoms with van der Waals surface area (Å²) in [7, 11) is 1.33. The number of rotatable bonds is 3. The first-order chi connectivity index (χ1) is 7.36. The molecular weight excluding hydrogens is 229 g/mol. The number of alkyl halides is 5. The summed E-state index contributed by atoms with van der Waals surface area (Å²) < 4.78 is 61.5. The van der Waals surface area contributed by atoms with Gasteiger partial charge in [-0.3, -0.25) is 0 Å². The molecule has 6 heteroatoms. The first kappa shape index (κ1) is 12.9. The van der Waals surface area contributed by atoms with Gasteiger partial charge in [0.1, 0.15) is 0 Å². The third-order valence-electron chi connectivity index (χ3n) is 2.16. The molecule has 90 valence electrons. The Bertz CT molecular complexity index is 330. The summed E-state index contributed by atoms with van der Waals surface area (Å²) >= 11 is 0. The Morgan fingerprint density at radius 1 is 1.06 bits per heavy atom. The highest BCUT2D eigenvalue weighted by atomic mass is 19.4. The Kier molecular flexibility index (Phi) is 3.85. The van der Waals surface area contributed by atoms with Gasteiger partial charge in [0.2, 0.25) is 0 Å². The molecule has 0 heterocycles. The maximum absolute atomic E-state index is 12.4. The van der Waals surface area contributed by atoms with Crippen LogP contribution in [0.3, 0.4) is 0 Å². The standard InChI is InChI=1S/C10H10F5N/c1-16-8(9(11)12)6-2-4-7(5-3-6)10(13,14)15/h2-5,8-9,16H,1H3/t8-/m0/s1. The second-order valence-corrected chi connectivity index (χ2v) is 3.22. The third kappa shape index (κ3) is 2.91. The molecule has 0 aliphatic rings. The Balaban J connectivity index is 2.94. The lowest BCUT2D eigenvalue weighted by molar-refractivity contribution is -0.137. The average molecular weight is 239 g/mol. The summed E-state index contributed by atoms with van der Waals surface area (Å²) in [4.78, 5) is 0. The van der Waals surface area contributed by atoms with E-state index in [1.54, 1.807) is 0 Å². The normalized spacial score (nSPS) is 14.2. The van der Waals surface area contributed by atoms with Crippen molar-refractivity contribution in [2.75, 3.05) is 7.05 Å². The maximum Gasteiger partial charge on any atom is 0.416 e. The molecule has 0 aliphatic heterocycles. The number of hydrogen-bond donors (Lipinski definition) is 1. The van der Waals surface area contributed by atoms with Crippen molar-refractivity contribution in [1.82, 2.24) is 5.32 Å². The van der Waals surface area contributed by atoms with Gasteiger partial charge in [-0.2, -0.15) is 13.2 Å². The van der Waals surface area contributed by atoms with E-state index in [0.717, 1.165) is 24.3 Å². The molecule has 1 nitrogen and oxygen atoms in total. The van der Waals surface area contributed by atoms with Gasteiger partial charge in [-0.1, -0.05) is 12.1 Å². The van der Waals surface area contributed by atoms with Crippen molar-refractivity contribution >= 4 is 0 Å². The summed E-state index contributed by atoms with van der Waals surface area (Å²) in [6, 6.07) is 2.44. The molecule has 1 N–H and O–H groups in total. The molecular formula is C10H10F5N. The van der Waals surface area contributed by atoms with Crippen molar-refractivity contribution in [1.29, 1.82) is 0 Å². The monoisotopic (exact) mass is 239 g/mol. The van der Waals surface area contributed by atoms with Gasteiger partial charge < -0.3 is 5.32 Å². The summed E-state index contributed by atoms with van der Waals surface area (Å²) in [6.45, 7) is 0. The number of halogens is 5. The Hall–Kier alpha value is -1.17. The molecule has 1 rings (SSSR count). The lowest BCUT2D eigenvalue weighted by Gasteiger charge is -2.16. The van der Waals surface area contributed by atoms with Crippen molar-refractivity contribution in [2.45, 2.75) is 18.6 Å². The molecule has 0 saturated heterocycles. The van der Waals surface area contributed by atoms with Crippen LogP contribution in [0, 0.1) is 0 Å². The largest absolute Gasteiger partial charge is 0.416 e. The first-order valence-corrected chi connectivity index (χ1v) is 4.49. The zero-order valence-electron chi connectivity index (χ0n) is 8.35. The quantitative estimate of drug-likeness (QED) is 0.798. The molecule has 0 aliphatic carbocycles. The zero-order valence-corrected chi connectivity index (χ0v) is 8.35. The van der Waals surface area contributed by atoms with Crippen molar-refractivity contribution in [3.8, 4) is 0 Å². The van der Waals surface area contributed by atoms with E-state index in [4.69, 9.17) is 0 Å². The summed E-state index contributed by atoms with van der Waals surface area (Å²) in [5.41, 5.74) is -0.717. The van der Waals surface area contributed by atoms with Crippen LogP contribution in [0.15, 0.2) is 24.3 Å². The van der Waals surface area contributed by atoms with Gasteiger partial charge in [-0.15, -0.1) is 0 Å². The van der Waals surface area contributed by atoms with Crippen LogP contribution in [0.2, 0.25) is 0 Å². The smallest absolute Gasteiger partial charge is 0.308 e. The molecule has 0 amide bonds. The highest BCUT2D eigenvalue weighted by Gasteiger charge is 2.30. The van der Waals surface area contributed by atoms with Crippen LogP contribution in [-0.2, 0) is 6.18 Å². The Morgan fingerprint density at radius 2 is 1.56 bits per heavy atom. The average Bonchev–Trinajstić information content (AvgIpc) is 2.17. The zero-order chi connectivity index (χ0) is 12.3. The van der Waals surface area contributed by atoms with E-state index in [-0.39, 0.29) is 5.56 Å². The van der Waals surface area contributed by atoms with Gasteiger partial charge >= 0.3 is 6.18 Å². The van der Waals surface area contributed by atoms with Gasteiger partial charge in [0.15, 0.2) is 0 Å². The second kappa shape index (κ2) is 4.78. The number of hydrogen-bond acceptors (Lipinski definition) is 1. The fraction of sp³-hybridized carbons (Fsp3) is 0.400. The Labute approximate surface area is 89.3 Å². The van der Waals surface area contributed by atoms with E-state index in [0.29, 0.717) is 0 Å². The maximum atomic E-state index is 12.4. The van der Waals surface area contributed by atoms with Gasteiger partial charge in [-0.25, -0.2) is 8.78 Å². The molecule has 16 heavy (non-hydrogen) atoms. The third-order valence-corrected chi connectivity index (χ3v) is 2.16. The van der Waals surface area contributed by atoms with Crippen LogP contribution in [0.25, 0.3) is 0 Å². The van der Waals surface area contributed by atoms with Gasteiger partial charge in [0, 0.05) is 0 Å². The SMILES string of the molecule is CN[C@@H](c1ccc(C(F)(F)F)cc1)C(F)F. The van der Waals surface area contributed by atoms with Gasteiger partial charge in [0.25, 0.3) is 6.43 Å². The lowest BCUT2D eigenvalue weighted by Crippen LogP contribution is -2.23. The molecule has 0 unspecified atom stereocenters. The Morgan fingerprint density at radius 3 is 1.88 bits per heavy atom. The summed E-state index contributed by atoms with van der Waals surface area (Å²) in [6.07, 6.45) is -7.11. The number of nitrogens with one attached hydrogen (secondary N) is 1. The van der Waals surface area contributed by atoms with Gasteiger partial charge in [0.05, 0.1) is 11.6 Å². The molecule has 0 aromatic heterocycles. The molecule has 1 atom stereocenters. The fourth-order valence-electron chi connectivity index (χ4n) is 1.32. The van der Waals surface area contributed by atoms with Crippen LogP contribution in [0.1, 0.15) is 17.2 Å². The predicted octanol–water partition coefficient (Wildman–Crippen LogP) is 3.23. The summed E-state index contributed by atoms with van der Waals surface area (Å²) in [5, 5.41) is 2.34. The van der Waals surface area contributed by atoms with E-state index in [1.165, 1.54) is 7.05 Å². The van der Waals surface area contributed by atoms with E-state index >= 15 is 0 Å². The van der Waals surface area contributed by atoms with Crippen molar-refractivity contribution in [3.63, 3.8) is 0 Å². The van der Waals surface area contributed by atoms with Crippen LogP contribution < -0.4 is 5.32 Å². The molecule has 1 aromatic carbocycles.